The van der Waals surface area contributed by atoms with Crippen molar-refractivity contribution in [3.8, 4) is 5.88 Å². The van der Waals surface area contributed by atoms with Crippen LogP contribution in [0.3, 0.4) is 0 Å². The highest BCUT2D eigenvalue weighted by Crippen LogP contribution is 2.46. The van der Waals surface area contributed by atoms with Gasteiger partial charge in [-0.3, -0.25) is 4.79 Å². The number of rotatable bonds is 4. The van der Waals surface area contributed by atoms with Crippen molar-refractivity contribution >= 4 is 11.9 Å². The number of oxazole rings is 1. The fourth-order valence-corrected chi connectivity index (χ4v) is 3.78. The number of ether oxygens (including phenoxy) is 1. The van der Waals surface area contributed by atoms with Gasteiger partial charge in [0.15, 0.2) is 12.1 Å². The number of hydrogen-bond donors (Lipinski definition) is 1. The molecule has 2 aromatic rings. The Morgan fingerprint density at radius 3 is 2.92 bits per heavy atom. The maximum Gasteiger partial charge on any atom is 0.276 e. The van der Waals surface area contributed by atoms with Gasteiger partial charge in [-0.15, -0.1) is 0 Å². The molecule has 1 amide bonds. The highest BCUT2D eigenvalue weighted by Gasteiger charge is 2.55. The molecule has 4 rings (SSSR count). The predicted molar refractivity (Wildman–Crippen MR) is 89.5 cm³/mol. The predicted octanol–water partition coefficient (Wildman–Crippen LogP) is 1.81. The summed E-state index contributed by atoms with van der Waals surface area (Å²) in [5, 5.41) is 3.47. The standard InChI is InChI=1S/C17H21N5O3/c1-10-6-13(24-3)20-16(19-10)21-17-5-4-12(17)7-22(8-17)15(23)14-11(2)25-9-18-14/h6,9,12H,4-5,7-8H2,1-3H3,(H,19,20,21). The van der Waals surface area contributed by atoms with Crippen molar-refractivity contribution < 1.29 is 13.9 Å². The van der Waals surface area contributed by atoms with E-state index in [4.69, 9.17) is 9.15 Å². The van der Waals surface area contributed by atoms with Gasteiger partial charge in [-0.05, 0) is 26.7 Å². The van der Waals surface area contributed by atoms with E-state index in [0.717, 1.165) is 18.5 Å². The minimum absolute atomic E-state index is 0.0791. The van der Waals surface area contributed by atoms with Crippen LogP contribution < -0.4 is 10.1 Å². The summed E-state index contributed by atoms with van der Waals surface area (Å²) in [6.45, 7) is 4.98. The second kappa shape index (κ2) is 5.72. The van der Waals surface area contributed by atoms with E-state index in [-0.39, 0.29) is 11.4 Å². The van der Waals surface area contributed by atoms with Gasteiger partial charge in [-0.1, -0.05) is 0 Å². The first-order chi connectivity index (χ1) is 12.0. The van der Waals surface area contributed by atoms with Crippen LogP contribution in [0.2, 0.25) is 0 Å². The number of nitrogens with one attached hydrogen (secondary N) is 1. The van der Waals surface area contributed by atoms with Gasteiger partial charge >= 0.3 is 0 Å². The summed E-state index contributed by atoms with van der Waals surface area (Å²) in [6, 6.07) is 1.79. The SMILES string of the molecule is COc1cc(C)nc(NC23CCC2CN(C(=O)c2ncoc2C)C3)n1. The van der Waals surface area contributed by atoms with Gasteiger partial charge in [-0.2, -0.15) is 4.98 Å². The molecule has 2 unspecified atom stereocenters. The molecule has 1 aliphatic heterocycles. The van der Waals surface area contributed by atoms with Crippen LogP contribution in [-0.2, 0) is 0 Å². The first-order valence-corrected chi connectivity index (χ1v) is 8.38. The molecule has 1 N–H and O–H groups in total. The smallest absolute Gasteiger partial charge is 0.276 e. The average molecular weight is 343 g/mol. The normalized spacial score (nSPS) is 24.6. The Morgan fingerprint density at radius 1 is 1.44 bits per heavy atom. The number of carbonyl (C=O) groups excluding carboxylic acids is 1. The molecule has 2 atom stereocenters. The summed E-state index contributed by atoms with van der Waals surface area (Å²) in [4.78, 5) is 27.5. The van der Waals surface area contributed by atoms with Gasteiger partial charge in [0, 0.05) is 30.8 Å². The average Bonchev–Trinajstić information content (AvgIpc) is 3.10. The second-order valence-corrected chi connectivity index (χ2v) is 6.83. The first-order valence-electron chi connectivity index (χ1n) is 8.38. The van der Waals surface area contributed by atoms with Gasteiger partial charge in [0.05, 0.1) is 12.6 Å². The summed E-state index contributed by atoms with van der Waals surface area (Å²) in [7, 11) is 1.59. The highest BCUT2D eigenvalue weighted by atomic mass is 16.5. The number of anilines is 1. The number of fused-ring (bicyclic) bond motifs is 1. The summed E-state index contributed by atoms with van der Waals surface area (Å²) >= 11 is 0. The molecule has 1 aliphatic carbocycles. The van der Waals surface area contributed by atoms with E-state index in [9.17, 15) is 4.79 Å². The number of nitrogens with zero attached hydrogens (tertiary/aromatic N) is 4. The highest BCUT2D eigenvalue weighted by molar-refractivity contribution is 5.93. The molecule has 25 heavy (non-hydrogen) atoms. The second-order valence-electron chi connectivity index (χ2n) is 6.83. The van der Waals surface area contributed by atoms with Crippen LogP contribution >= 0.6 is 0 Å². The molecule has 0 spiro atoms. The Labute approximate surface area is 145 Å². The number of amides is 1. The lowest BCUT2D eigenvalue weighted by Gasteiger charge is -2.44. The fourth-order valence-electron chi connectivity index (χ4n) is 3.78. The molecule has 8 nitrogen and oxygen atoms in total. The number of hydrogen-bond acceptors (Lipinski definition) is 7. The molecule has 0 bridgehead atoms. The molecule has 132 valence electrons. The molecular weight excluding hydrogens is 322 g/mol. The zero-order chi connectivity index (χ0) is 17.6. The summed E-state index contributed by atoms with van der Waals surface area (Å²) < 4.78 is 10.4. The number of methoxy groups -OCH3 is 1. The van der Waals surface area contributed by atoms with Crippen molar-refractivity contribution in [1.29, 1.82) is 0 Å². The Balaban J connectivity index is 1.54. The lowest BCUT2D eigenvalue weighted by Crippen LogP contribution is -2.53. The van der Waals surface area contributed by atoms with Crippen LogP contribution in [0.5, 0.6) is 5.88 Å². The van der Waals surface area contributed by atoms with E-state index in [1.54, 1.807) is 20.1 Å². The minimum Gasteiger partial charge on any atom is -0.481 e. The number of aryl methyl sites for hydroxylation is 2. The molecule has 1 saturated carbocycles. The summed E-state index contributed by atoms with van der Waals surface area (Å²) in [5.41, 5.74) is 1.06. The molecule has 1 saturated heterocycles. The Hall–Kier alpha value is -2.64. The van der Waals surface area contributed by atoms with Gasteiger partial charge in [0.1, 0.15) is 5.76 Å². The van der Waals surface area contributed by atoms with Gasteiger partial charge in [-0.25, -0.2) is 9.97 Å². The van der Waals surface area contributed by atoms with Gasteiger partial charge in [0.2, 0.25) is 11.8 Å². The van der Waals surface area contributed by atoms with Crippen LogP contribution in [0, 0.1) is 19.8 Å². The van der Waals surface area contributed by atoms with Crippen LogP contribution in [0.25, 0.3) is 0 Å². The number of aromatic nitrogens is 3. The molecule has 2 aliphatic rings. The molecule has 0 aromatic carbocycles. The van der Waals surface area contributed by atoms with E-state index in [1.165, 1.54) is 6.39 Å². The topological polar surface area (TPSA) is 93.4 Å². The molecular formula is C17H21N5O3. The van der Waals surface area contributed by atoms with E-state index in [2.05, 4.69) is 20.3 Å². The van der Waals surface area contributed by atoms with Crippen molar-refractivity contribution in [1.82, 2.24) is 19.9 Å². The Bertz CT molecular complexity index is 820. The summed E-state index contributed by atoms with van der Waals surface area (Å²) in [6.07, 6.45) is 3.38. The summed E-state index contributed by atoms with van der Waals surface area (Å²) in [5.74, 6) is 1.95. The largest absolute Gasteiger partial charge is 0.481 e. The van der Waals surface area contributed by atoms with Crippen molar-refractivity contribution in [2.45, 2.75) is 32.2 Å². The first kappa shape index (κ1) is 15.9. The van der Waals surface area contributed by atoms with Crippen molar-refractivity contribution in [3.63, 3.8) is 0 Å². The van der Waals surface area contributed by atoms with E-state index in [1.807, 2.05) is 11.8 Å². The molecule has 8 heteroatoms. The van der Waals surface area contributed by atoms with E-state index < -0.39 is 0 Å². The molecule has 2 aromatic heterocycles. The third-order valence-corrected chi connectivity index (χ3v) is 5.27. The quantitative estimate of drug-likeness (QED) is 0.905. The molecule has 2 fully saturated rings. The maximum atomic E-state index is 12.7. The lowest BCUT2D eigenvalue weighted by molar-refractivity contribution is 0.0779. The molecule has 3 heterocycles. The third-order valence-electron chi connectivity index (χ3n) is 5.27. The fraction of sp³-hybridized carbons (Fsp3) is 0.529. The zero-order valence-electron chi connectivity index (χ0n) is 14.6. The van der Waals surface area contributed by atoms with Crippen LogP contribution in [0.15, 0.2) is 16.9 Å². The van der Waals surface area contributed by atoms with Crippen molar-refractivity contribution in [3.05, 3.63) is 29.6 Å². The zero-order valence-corrected chi connectivity index (χ0v) is 14.6. The van der Waals surface area contributed by atoms with Gasteiger partial charge < -0.3 is 19.4 Å². The Morgan fingerprint density at radius 2 is 2.28 bits per heavy atom. The van der Waals surface area contributed by atoms with Crippen molar-refractivity contribution in [2.75, 3.05) is 25.5 Å². The van der Waals surface area contributed by atoms with E-state index >= 15 is 0 Å². The number of likely N-dealkylation sites (tertiary alicyclic amines) is 1. The monoisotopic (exact) mass is 343 g/mol. The van der Waals surface area contributed by atoms with E-state index in [0.29, 0.717) is 42.3 Å². The molecule has 0 radical (unpaired) electrons. The number of carbonyl (C=O) groups is 1. The van der Waals surface area contributed by atoms with Crippen LogP contribution in [0.1, 0.15) is 34.8 Å². The third kappa shape index (κ3) is 2.61. The Kier molecular flexibility index (Phi) is 3.63. The maximum absolute atomic E-state index is 12.7. The lowest BCUT2D eigenvalue weighted by atomic mass is 9.69. The van der Waals surface area contributed by atoms with Crippen LogP contribution in [0.4, 0.5) is 5.95 Å². The van der Waals surface area contributed by atoms with Crippen LogP contribution in [-0.4, -0.2) is 51.5 Å². The van der Waals surface area contributed by atoms with Crippen molar-refractivity contribution in [2.24, 2.45) is 5.92 Å². The van der Waals surface area contributed by atoms with Gasteiger partial charge in [0.25, 0.3) is 5.91 Å². The minimum atomic E-state index is -0.174.